The molecule has 1 aromatic carbocycles. The van der Waals surface area contributed by atoms with Crippen molar-refractivity contribution >= 4 is 17.3 Å². The summed E-state index contributed by atoms with van der Waals surface area (Å²) in [5.41, 5.74) is 0.649. The Bertz CT molecular complexity index is 606. The first-order chi connectivity index (χ1) is 8.56. The van der Waals surface area contributed by atoms with E-state index in [1.165, 1.54) is 30.5 Å². The number of aryl methyl sites for hydroxylation is 1. The van der Waals surface area contributed by atoms with E-state index in [0.29, 0.717) is 5.69 Å². The molecule has 0 aliphatic heterocycles. The molecule has 0 unspecified atom stereocenters. The molecule has 1 heterocycles. The van der Waals surface area contributed by atoms with Crippen LogP contribution in [-0.4, -0.2) is 20.6 Å². The number of non-ortho nitro benzene ring substituents is 1. The van der Waals surface area contributed by atoms with Crippen LogP contribution in [0.2, 0.25) is 0 Å². The topological polar surface area (TPSA) is 90.1 Å². The fraction of sp³-hybridized carbons (Fsp3) is 0.0909. The molecule has 1 amide bonds. The molecule has 0 bridgehead atoms. The van der Waals surface area contributed by atoms with Gasteiger partial charge in [0.25, 0.3) is 11.6 Å². The lowest BCUT2D eigenvalue weighted by Crippen LogP contribution is -2.11. The first kappa shape index (κ1) is 11.8. The van der Waals surface area contributed by atoms with Crippen molar-refractivity contribution in [2.24, 2.45) is 7.05 Å². The van der Waals surface area contributed by atoms with E-state index in [9.17, 15) is 14.9 Å². The number of anilines is 1. The van der Waals surface area contributed by atoms with Gasteiger partial charge in [-0.25, -0.2) is 0 Å². The minimum atomic E-state index is -0.541. The SMILES string of the molecule is Cn1cc(NC(=O)c2cccc([N+](=O)[O-])c2)cn1. The predicted octanol–water partition coefficient (Wildman–Crippen LogP) is 1.58. The summed E-state index contributed by atoms with van der Waals surface area (Å²) in [5, 5.41) is 17.1. The Balaban J connectivity index is 2.18. The van der Waals surface area contributed by atoms with Crippen LogP contribution in [-0.2, 0) is 7.05 Å². The van der Waals surface area contributed by atoms with E-state index < -0.39 is 10.8 Å². The summed E-state index contributed by atoms with van der Waals surface area (Å²) in [4.78, 5) is 21.9. The minimum Gasteiger partial charge on any atom is -0.319 e. The van der Waals surface area contributed by atoms with Crippen molar-refractivity contribution in [2.45, 2.75) is 0 Å². The molecule has 0 aliphatic carbocycles. The first-order valence-electron chi connectivity index (χ1n) is 5.11. The first-order valence-corrected chi connectivity index (χ1v) is 5.11. The molecule has 92 valence electrons. The summed E-state index contributed by atoms with van der Waals surface area (Å²) in [7, 11) is 1.73. The van der Waals surface area contributed by atoms with Gasteiger partial charge in [0.2, 0.25) is 0 Å². The number of carbonyl (C=O) groups is 1. The Morgan fingerprint density at radius 2 is 2.28 bits per heavy atom. The van der Waals surface area contributed by atoms with Crippen molar-refractivity contribution in [1.82, 2.24) is 9.78 Å². The van der Waals surface area contributed by atoms with E-state index in [1.807, 2.05) is 0 Å². The smallest absolute Gasteiger partial charge is 0.270 e. The van der Waals surface area contributed by atoms with Crippen molar-refractivity contribution in [3.63, 3.8) is 0 Å². The van der Waals surface area contributed by atoms with Crippen molar-refractivity contribution in [1.29, 1.82) is 0 Å². The molecule has 0 radical (unpaired) electrons. The van der Waals surface area contributed by atoms with Crippen LogP contribution in [0.5, 0.6) is 0 Å². The molecular formula is C11H10N4O3. The lowest BCUT2D eigenvalue weighted by molar-refractivity contribution is -0.384. The maximum absolute atomic E-state index is 11.8. The molecule has 7 nitrogen and oxygen atoms in total. The zero-order valence-corrected chi connectivity index (χ0v) is 9.53. The van der Waals surface area contributed by atoms with Gasteiger partial charge in [-0.2, -0.15) is 5.10 Å². The molecule has 0 saturated carbocycles. The number of benzene rings is 1. The van der Waals surface area contributed by atoms with Gasteiger partial charge in [-0.3, -0.25) is 19.6 Å². The van der Waals surface area contributed by atoms with Crippen molar-refractivity contribution < 1.29 is 9.72 Å². The van der Waals surface area contributed by atoms with E-state index >= 15 is 0 Å². The van der Waals surface area contributed by atoms with Crippen molar-refractivity contribution in [3.8, 4) is 0 Å². The van der Waals surface area contributed by atoms with E-state index in [-0.39, 0.29) is 11.3 Å². The van der Waals surface area contributed by atoms with Crippen LogP contribution in [0.4, 0.5) is 11.4 Å². The van der Waals surface area contributed by atoms with E-state index in [1.54, 1.807) is 17.9 Å². The molecule has 0 atom stereocenters. The van der Waals surface area contributed by atoms with Gasteiger partial charge in [-0.15, -0.1) is 0 Å². The van der Waals surface area contributed by atoms with Crippen LogP contribution in [0.1, 0.15) is 10.4 Å². The Morgan fingerprint density at radius 3 is 2.89 bits per heavy atom. The highest BCUT2D eigenvalue weighted by atomic mass is 16.6. The van der Waals surface area contributed by atoms with Crippen LogP contribution in [0.15, 0.2) is 36.7 Å². The van der Waals surface area contributed by atoms with Crippen molar-refractivity contribution in [3.05, 3.63) is 52.3 Å². The molecular weight excluding hydrogens is 236 g/mol. The maximum Gasteiger partial charge on any atom is 0.270 e. The fourth-order valence-electron chi connectivity index (χ4n) is 1.45. The van der Waals surface area contributed by atoms with E-state index in [0.717, 1.165) is 0 Å². The molecule has 0 saturated heterocycles. The summed E-state index contributed by atoms with van der Waals surface area (Å²) >= 11 is 0. The minimum absolute atomic E-state index is 0.117. The average Bonchev–Trinajstić information content (AvgIpc) is 2.75. The lowest BCUT2D eigenvalue weighted by Gasteiger charge is -2.01. The molecule has 2 rings (SSSR count). The van der Waals surface area contributed by atoms with Gasteiger partial charge in [0, 0.05) is 30.9 Å². The summed E-state index contributed by atoms with van der Waals surface area (Å²) in [6.07, 6.45) is 3.13. The molecule has 0 fully saturated rings. The molecule has 1 N–H and O–H groups in total. The number of carbonyl (C=O) groups excluding carboxylic acids is 1. The molecule has 7 heteroatoms. The molecule has 0 spiro atoms. The van der Waals surface area contributed by atoms with Gasteiger partial charge in [-0.05, 0) is 6.07 Å². The van der Waals surface area contributed by atoms with Gasteiger partial charge in [0.05, 0.1) is 16.8 Å². The number of nitro groups is 1. The third kappa shape index (κ3) is 2.51. The number of nitrogens with one attached hydrogen (secondary N) is 1. The summed E-state index contributed by atoms with van der Waals surface area (Å²) in [6.45, 7) is 0. The van der Waals surface area contributed by atoms with Crippen molar-refractivity contribution in [2.75, 3.05) is 5.32 Å². The number of amides is 1. The summed E-state index contributed by atoms with van der Waals surface area (Å²) < 4.78 is 1.54. The Hall–Kier alpha value is -2.70. The van der Waals surface area contributed by atoms with Gasteiger partial charge < -0.3 is 5.32 Å². The summed E-state index contributed by atoms with van der Waals surface area (Å²) in [5.74, 6) is -0.410. The largest absolute Gasteiger partial charge is 0.319 e. The van der Waals surface area contributed by atoms with Crippen LogP contribution < -0.4 is 5.32 Å². The molecule has 1 aromatic heterocycles. The second-order valence-corrected chi connectivity index (χ2v) is 3.66. The number of hydrogen-bond acceptors (Lipinski definition) is 4. The lowest BCUT2D eigenvalue weighted by atomic mass is 10.2. The zero-order valence-electron chi connectivity index (χ0n) is 9.53. The second-order valence-electron chi connectivity index (χ2n) is 3.66. The highest BCUT2D eigenvalue weighted by molar-refractivity contribution is 6.04. The molecule has 0 aliphatic rings. The van der Waals surface area contributed by atoms with Crippen LogP contribution in [0.25, 0.3) is 0 Å². The van der Waals surface area contributed by atoms with Gasteiger partial charge in [0.1, 0.15) is 0 Å². The van der Waals surface area contributed by atoms with Gasteiger partial charge >= 0.3 is 0 Å². The Kier molecular flexibility index (Phi) is 3.05. The number of nitrogens with zero attached hydrogens (tertiary/aromatic N) is 3. The predicted molar refractivity (Wildman–Crippen MR) is 64.3 cm³/mol. The maximum atomic E-state index is 11.8. The second kappa shape index (κ2) is 4.66. The standard InChI is InChI=1S/C11H10N4O3/c1-14-7-9(6-12-14)13-11(16)8-3-2-4-10(5-8)15(17)18/h2-7H,1H3,(H,13,16). The molecule has 2 aromatic rings. The third-order valence-electron chi connectivity index (χ3n) is 2.28. The monoisotopic (exact) mass is 246 g/mol. The zero-order chi connectivity index (χ0) is 13.1. The fourth-order valence-corrected chi connectivity index (χ4v) is 1.45. The number of hydrogen-bond donors (Lipinski definition) is 1. The van der Waals surface area contributed by atoms with E-state index in [4.69, 9.17) is 0 Å². The van der Waals surface area contributed by atoms with E-state index in [2.05, 4.69) is 10.4 Å². The Morgan fingerprint density at radius 1 is 1.50 bits per heavy atom. The highest BCUT2D eigenvalue weighted by Crippen LogP contribution is 2.14. The van der Waals surface area contributed by atoms with Crippen LogP contribution >= 0.6 is 0 Å². The number of nitro benzene ring substituents is 1. The quantitative estimate of drug-likeness (QED) is 0.657. The summed E-state index contributed by atoms with van der Waals surface area (Å²) in [6, 6.07) is 5.54. The normalized spacial score (nSPS) is 10.1. The average molecular weight is 246 g/mol. The number of rotatable bonds is 3. The number of aromatic nitrogens is 2. The van der Waals surface area contributed by atoms with Gasteiger partial charge in [0.15, 0.2) is 0 Å². The van der Waals surface area contributed by atoms with Crippen LogP contribution in [0.3, 0.4) is 0 Å². The van der Waals surface area contributed by atoms with Gasteiger partial charge in [-0.1, -0.05) is 6.07 Å². The third-order valence-corrected chi connectivity index (χ3v) is 2.28. The molecule has 18 heavy (non-hydrogen) atoms. The Labute approximate surface area is 102 Å². The highest BCUT2D eigenvalue weighted by Gasteiger charge is 2.11. The van der Waals surface area contributed by atoms with Crippen LogP contribution in [0, 0.1) is 10.1 Å².